The van der Waals surface area contributed by atoms with Crippen molar-refractivity contribution in [3.8, 4) is 0 Å². The van der Waals surface area contributed by atoms with E-state index in [-0.39, 0.29) is 17.3 Å². The predicted octanol–water partition coefficient (Wildman–Crippen LogP) is 3.72. The van der Waals surface area contributed by atoms with Crippen LogP contribution in [0.3, 0.4) is 0 Å². The van der Waals surface area contributed by atoms with Crippen LogP contribution in [-0.4, -0.2) is 11.6 Å². The standard InChI is InChI=1S/C20H21NO2/c1-3-14-10-11-17(12-15(14)4-2)20(23)18(21)13-19(22)16-8-6-5-7-9-16/h5-13H,3-4,21H2,1-2H3. The number of rotatable bonds is 6. The highest BCUT2D eigenvalue weighted by molar-refractivity contribution is 6.14. The van der Waals surface area contributed by atoms with Gasteiger partial charge in [-0.05, 0) is 30.0 Å². The van der Waals surface area contributed by atoms with E-state index >= 15 is 0 Å². The van der Waals surface area contributed by atoms with Crippen LogP contribution in [-0.2, 0) is 12.8 Å². The van der Waals surface area contributed by atoms with Gasteiger partial charge in [0, 0.05) is 17.2 Å². The van der Waals surface area contributed by atoms with Crippen LogP contribution < -0.4 is 5.73 Å². The number of hydrogen-bond donors (Lipinski definition) is 1. The summed E-state index contributed by atoms with van der Waals surface area (Å²) < 4.78 is 0. The van der Waals surface area contributed by atoms with E-state index in [1.54, 1.807) is 30.3 Å². The minimum Gasteiger partial charge on any atom is -0.395 e. The molecular formula is C20H21NO2. The van der Waals surface area contributed by atoms with Crippen LogP contribution in [0.4, 0.5) is 0 Å². The number of carbonyl (C=O) groups is 2. The lowest BCUT2D eigenvalue weighted by molar-refractivity contribution is 0.101. The van der Waals surface area contributed by atoms with Gasteiger partial charge in [-0.25, -0.2) is 0 Å². The van der Waals surface area contributed by atoms with E-state index in [4.69, 9.17) is 5.73 Å². The maximum Gasteiger partial charge on any atom is 0.208 e. The van der Waals surface area contributed by atoms with Crippen LogP contribution in [0.1, 0.15) is 45.7 Å². The van der Waals surface area contributed by atoms with Crippen LogP contribution >= 0.6 is 0 Å². The number of allylic oxidation sites excluding steroid dienone is 2. The molecule has 0 amide bonds. The summed E-state index contributed by atoms with van der Waals surface area (Å²) >= 11 is 0. The molecule has 3 nitrogen and oxygen atoms in total. The monoisotopic (exact) mass is 307 g/mol. The Morgan fingerprint density at radius 2 is 1.57 bits per heavy atom. The topological polar surface area (TPSA) is 60.2 Å². The zero-order chi connectivity index (χ0) is 16.8. The number of Topliss-reactive ketones (excluding diaryl/α,β-unsaturated/α-hetero) is 1. The zero-order valence-electron chi connectivity index (χ0n) is 13.5. The minimum atomic E-state index is -0.313. The third-order valence-electron chi connectivity index (χ3n) is 3.84. The molecule has 0 aromatic heterocycles. The third-order valence-corrected chi connectivity index (χ3v) is 3.84. The molecule has 0 aliphatic carbocycles. The average molecular weight is 307 g/mol. The quantitative estimate of drug-likeness (QED) is 0.653. The van der Waals surface area contributed by atoms with Gasteiger partial charge in [-0.1, -0.05) is 56.3 Å². The molecule has 0 radical (unpaired) electrons. The lowest BCUT2D eigenvalue weighted by atomic mass is 9.97. The molecule has 2 rings (SSSR count). The summed E-state index contributed by atoms with van der Waals surface area (Å²) in [5, 5.41) is 0. The average Bonchev–Trinajstić information content (AvgIpc) is 2.61. The highest BCUT2D eigenvalue weighted by Gasteiger charge is 2.13. The molecule has 0 aliphatic rings. The van der Waals surface area contributed by atoms with E-state index < -0.39 is 0 Å². The van der Waals surface area contributed by atoms with E-state index in [1.807, 2.05) is 18.2 Å². The van der Waals surface area contributed by atoms with Crippen molar-refractivity contribution in [2.24, 2.45) is 5.73 Å². The van der Waals surface area contributed by atoms with Crippen molar-refractivity contribution in [1.82, 2.24) is 0 Å². The summed E-state index contributed by atoms with van der Waals surface area (Å²) in [6.45, 7) is 4.14. The van der Waals surface area contributed by atoms with E-state index in [9.17, 15) is 9.59 Å². The van der Waals surface area contributed by atoms with Gasteiger partial charge in [0.15, 0.2) is 5.78 Å². The smallest absolute Gasteiger partial charge is 0.208 e. The fourth-order valence-electron chi connectivity index (χ4n) is 2.50. The molecule has 0 spiro atoms. The van der Waals surface area contributed by atoms with Gasteiger partial charge in [0.1, 0.15) is 0 Å². The molecule has 118 valence electrons. The Balaban J connectivity index is 2.26. The molecule has 0 unspecified atom stereocenters. The maximum atomic E-state index is 12.4. The largest absolute Gasteiger partial charge is 0.395 e. The van der Waals surface area contributed by atoms with E-state index in [0.29, 0.717) is 11.1 Å². The molecule has 0 saturated heterocycles. The van der Waals surface area contributed by atoms with Crippen molar-refractivity contribution in [1.29, 1.82) is 0 Å². The minimum absolute atomic E-state index is 0.0369. The molecule has 0 heterocycles. The Labute approximate surface area is 136 Å². The molecule has 3 heteroatoms. The van der Waals surface area contributed by atoms with Gasteiger partial charge in [-0.3, -0.25) is 9.59 Å². The summed E-state index contributed by atoms with van der Waals surface area (Å²) in [5.41, 5.74) is 9.21. The van der Waals surface area contributed by atoms with Gasteiger partial charge >= 0.3 is 0 Å². The van der Waals surface area contributed by atoms with E-state index in [0.717, 1.165) is 18.4 Å². The molecule has 0 saturated carbocycles. The number of carbonyl (C=O) groups excluding carboxylic acids is 2. The Morgan fingerprint density at radius 3 is 2.17 bits per heavy atom. The first-order valence-electron chi connectivity index (χ1n) is 7.79. The summed E-state index contributed by atoms with van der Waals surface area (Å²) in [4.78, 5) is 24.5. The van der Waals surface area contributed by atoms with Crippen molar-refractivity contribution in [3.63, 3.8) is 0 Å². The molecule has 0 atom stereocenters. The number of hydrogen-bond acceptors (Lipinski definition) is 3. The van der Waals surface area contributed by atoms with Gasteiger partial charge in [-0.15, -0.1) is 0 Å². The second kappa shape index (κ2) is 7.54. The first-order chi connectivity index (χ1) is 11.1. The Bertz CT molecular complexity index is 745. The zero-order valence-corrected chi connectivity index (χ0v) is 13.5. The Hall–Kier alpha value is -2.68. The summed E-state index contributed by atoms with van der Waals surface area (Å²) in [5.74, 6) is -0.580. The van der Waals surface area contributed by atoms with E-state index in [2.05, 4.69) is 13.8 Å². The van der Waals surface area contributed by atoms with Crippen LogP contribution in [0.2, 0.25) is 0 Å². The molecule has 2 aromatic rings. The van der Waals surface area contributed by atoms with Crippen molar-refractivity contribution in [2.45, 2.75) is 26.7 Å². The molecule has 0 fully saturated rings. The molecule has 2 aromatic carbocycles. The first-order valence-corrected chi connectivity index (χ1v) is 7.79. The van der Waals surface area contributed by atoms with Gasteiger partial charge < -0.3 is 5.73 Å². The van der Waals surface area contributed by atoms with Crippen LogP contribution in [0.5, 0.6) is 0 Å². The van der Waals surface area contributed by atoms with Gasteiger partial charge in [0.25, 0.3) is 0 Å². The highest BCUT2D eigenvalue weighted by atomic mass is 16.1. The number of nitrogens with two attached hydrogens (primary N) is 1. The number of aryl methyl sites for hydroxylation is 2. The number of benzene rings is 2. The van der Waals surface area contributed by atoms with E-state index in [1.165, 1.54) is 11.6 Å². The molecule has 0 aliphatic heterocycles. The van der Waals surface area contributed by atoms with Crippen LogP contribution in [0.25, 0.3) is 0 Å². The van der Waals surface area contributed by atoms with Crippen molar-refractivity contribution < 1.29 is 9.59 Å². The normalized spacial score (nSPS) is 11.3. The summed E-state index contributed by atoms with van der Waals surface area (Å²) in [7, 11) is 0. The SMILES string of the molecule is CCc1ccc(C(=O)C(N)=CC(=O)c2ccccc2)cc1CC. The maximum absolute atomic E-state index is 12.4. The van der Waals surface area contributed by atoms with Crippen molar-refractivity contribution in [3.05, 3.63) is 82.6 Å². The predicted molar refractivity (Wildman–Crippen MR) is 92.6 cm³/mol. The molecular weight excluding hydrogens is 286 g/mol. The first kappa shape index (κ1) is 16.7. The van der Waals surface area contributed by atoms with Crippen LogP contribution in [0.15, 0.2) is 60.3 Å². The van der Waals surface area contributed by atoms with Gasteiger partial charge in [0.2, 0.25) is 5.78 Å². The lowest BCUT2D eigenvalue weighted by Crippen LogP contribution is -2.14. The second-order valence-corrected chi connectivity index (χ2v) is 5.35. The molecule has 23 heavy (non-hydrogen) atoms. The van der Waals surface area contributed by atoms with Crippen molar-refractivity contribution in [2.75, 3.05) is 0 Å². The fourth-order valence-corrected chi connectivity index (χ4v) is 2.50. The van der Waals surface area contributed by atoms with Crippen molar-refractivity contribution >= 4 is 11.6 Å². The fraction of sp³-hybridized carbons (Fsp3) is 0.200. The highest BCUT2D eigenvalue weighted by Crippen LogP contribution is 2.16. The second-order valence-electron chi connectivity index (χ2n) is 5.35. The molecule has 0 bridgehead atoms. The molecule has 2 N–H and O–H groups in total. The third kappa shape index (κ3) is 3.95. The summed E-state index contributed by atoms with van der Waals surface area (Å²) in [6.07, 6.45) is 2.99. The Morgan fingerprint density at radius 1 is 0.913 bits per heavy atom. The summed E-state index contributed by atoms with van der Waals surface area (Å²) in [6, 6.07) is 14.4. The Kier molecular flexibility index (Phi) is 5.47. The number of ketones is 2. The van der Waals surface area contributed by atoms with Gasteiger partial charge in [0.05, 0.1) is 5.70 Å². The lowest BCUT2D eigenvalue weighted by Gasteiger charge is -2.08. The van der Waals surface area contributed by atoms with Crippen LogP contribution in [0, 0.1) is 0 Å². The van der Waals surface area contributed by atoms with Gasteiger partial charge in [-0.2, -0.15) is 0 Å².